The Bertz CT molecular complexity index is 917. The first-order valence-electron chi connectivity index (χ1n) is 9.73. The van der Waals surface area contributed by atoms with Crippen molar-refractivity contribution in [1.82, 2.24) is 4.90 Å². The Morgan fingerprint density at radius 3 is 2.62 bits per heavy atom. The van der Waals surface area contributed by atoms with Gasteiger partial charge in [-0.25, -0.2) is 0 Å². The summed E-state index contributed by atoms with van der Waals surface area (Å²) in [5.41, 5.74) is 13.3. The minimum Gasteiger partial charge on any atom is -0.399 e. The highest BCUT2D eigenvalue weighted by Gasteiger charge is 2.14. The van der Waals surface area contributed by atoms with Crippen molar-refractivity contribution in [3.8, 4) is 0 Å². The zero-order chi connectivity index (χ0) is 20.7. The van der Waals surface area contributed by atoms with Crippen molar-refractivity contribution in [2.24, 2.45) is 10.1 Å². The molecule has 3 rings (SSSR count). The molecule has 4 N–H and O–H groups in total. The number of nitrogens with two attached hydrogens (primary N) is 2. The molecule has 1 aromatic heterocycles. The summed E-state index contributed by atoms with van der Waals surface area (Å²) in [6.45, 7) is 3.47. The lowest BCUT2D eigenvalue weighted by molar-refractivity contribution is 0.222. The molecule has 0 bridgehead atoms. The fourth-order valence-electron chi connectivity index (χ4n) is 3.18. The number of sulfonamides is 1. The SMILES string of the molecule is NC(CCSCc1csc(CN2CCCCC2)c1)=NS(=O)(=O)c1ccc(N)cc1. The topological polar surface area (TPSA) is 102 Å². The van der Waals surface area contributed by atoms with Gasteiger partial charge in [0.2, 0.25) is 0 Å². The second-order valence-corrected chi connectivity index (χ2v) is 10.9. The molecule has 1 aromatic carbocycles. The van der Waals surface area contributed by atoms with Crippen LogP contribution in [-0.4, -0.2) is 38.0 Å². The van der Waals surface area contributed by atoms with Crippen molar-refractivity contribution in [2.75, 3.05) is 24.6 Å². The standard InChI is InChI=1S/C20H28N4O2S3/c21-17-4-6-19(7-5-17)29(25,26)23-20(22)8-11-27-14-16-12-18(28-15-16)13-24-9-2-1-3-10-24/h4-7,12,15H,1-3,8-11,13-14,21H2,(H2,22,23). The van der Waals surface area contributed by atoms with Gasteiger partial charge >= 0.3 is 0 Å². The molecule has 1 fully saturated rings. The Morgan fingerprint density at radius 2 is 1.90 bits per heavy atom. The number of hydrogen-bond donors (Lipinski definition) is 2. The van der Waals surface area contributed by atoms with Gasteiger partial charge in [-0.2, -0.15) is 20.2 Å². The lowest BCUT2D eigenvalue weighted by atomic mass is 10.1. The largest absolute Gasteiger partial charge is 0.399 e. The predicted molar refractivity (Wildman–Crippen MR) is 124 cm³/mol. The van der Waals surface area contributed by atoms with Crippen molar-refractivity contribution in [2.45, 2.75) is 42.9 Å². The van der Waals surface area contributed by atoms with E-state index in [0.717, 1.165) is 18.1 Å². The van der Waals surface area contributed by atoms with Gasteiger partial charge in [0.1, 0.15) is 5.84 Å². The average Bonchev–Trinajstić information content (AvgIpc) is 3.13. The van der Waals surface area contributed by atoms with Crippen LogP contribution in [0.25, 0.3) is 0 Å². The molecule has 0 saturated carbocycles. The van der Waals surface area contributed by atoms with Crippen molar-refractivity contribution in [1.29, 1.82) is 0 Å². The summed E-state index contributed by atoms with van der Waals surface area (Å²) >= 11 is 3.56. The van der Waals surface area contributed by atoms with Crippen molar-refractivity contribution in [3.63, 3.8) is 0 Å². The number of rotatable bonds is 9. The molecule has 2 heterocycles. The van der Waals surface area contributed by atoms with Gasteiger partial charge in [0.25, 0.3) is 10.0 Å². The van der Waals surface area contributed by atoms with Crippen molar-refractivity contribution >= 4 is 44.6 Å². The number of anilines is 1. The van der Waals surface area contributed by atoms with Crippen LogP contribution in [0.3, 0.4) is 0 Å². The Balaban J connectivity index is 1.42. The van der Waals surface area contributed by atoms with Crippen LogP contribution in [-0.2, 0) is 22.3 Å². The normalized spacial score (nSPS) is 16.2. The van der Waals surface area contributed by atoms with Crippen molar-refractivity contribution < 1.29 is 8.42 Å². The third-order valence-electron chi connectivity index (χ3n) is 4.72. The molecule has 9 heteroatoms. The Hall–Kier alpha value is -1.55. The molecule has 0 unspecified atom stereocenters. The number of likely N-dealkylation sites (tertiary alicyclic amines) is 1. The van der Waals surface area contributed by atoms with Crippen molar-refractivity contribution in [3.05, 3.63) is 46.2 Å². The van der Waals surface area contributed by atoms with E-state index >= 15 is 0 Å². The number of hydrogen-bond acceptors (Lipinski definition) is 6. The van der Waals surface area contributed by atoms with Gasteiger partial charge in [-0.3, -0.25) is 4.90 Å². The van der Waals surface area contributed by atoms with Crippen LogP contribution in [0.4, 0.5) is 5.69 Å². The maximum Gasteiger partial charge on any atom is 0.283 e. The lowest BCUT2D eigenvalue weighted by Gasteiger charge is -2.25. The Morgan fingerprint density at radius 1 is 1.17 bits per heavy atom. The summed E-state index contributed by atoms with van der Waals surface area (Å²) in [7, 11) is -3.78. The number of amidine groups is 1. The lowest BCUT2D eigenvalue weighted by Crippen LogP contribution is -2.28. The molecule has 158 valence electrons. The molecule has 2 aromatic rings. The maximum absolute atomic E-state index is 12.3. The van der Waals surface area contributed by atoms with E-state index in [4.69, 9.17) is 11.5 Å². The van der Waals surface area contributed by atoms with Gasteiger partial charge in [0, 0.05) is 35.0 Å². The van der Waals surface area contributed by atoms with E-state index in [1.54, 1.807) is 11.8 Å². The molecule has 0 amide bonds. The second-order valence-electron chi connectivity index (χ2n) is 7.19. The highest BCUT2D eigenvalue weighted by molar-refractivity contribution is 7.98. The summed E-state index contributed by atoms with van der Waals surface area (Å²) in [5, 5.41) is 2.22. The Kier molecular flexibility index (Phi) is 7.99. The summed E-state index contributed by atoms with van der Waals surface area (Å²) in [6.07, 6.45) is 4.41. The van der Waals surface area contributed by atoms with Crippen LogP contribution in [0.5, 0.6) is 0 Å². The van der Waals surface area contributed by atoms with Crippen LogP contribution in [0.15, 0.2) is 45.0 Å². The van der Waals surface area contributed by atoms with E-state index in [1.165, 1.54) is 67.1 Å². The van der Waals surface area contributed by atoms with Gasteiger partial charge in [-0.1, -0.05) is 6.42 Å². The molecule has 1 aliphatic heterocycles. The zero-order valence-corrected chi connectivity index (χ0v) is 18.9. The van der Waals surface area contributed by atoms with E-state index in [9.17, 15) is 8.42 Å². The number of nitrogen functional groups attached to an aromatic ring is 1. The number of thioether (sulfide) groups is 1. The minimum absolute atomic E-state index is 0.0989. The first-order valence-corrected chi connectivity index (χ1v) is 13.2. The molecule has 0 radical (unpaired) electrons. The highest BCUT2D eigenvalue weighted by Crippen LogP contribution is 2.23. The minimum atomic E-state index is -3.78. The number of nitrogens with zero attached hydrogens (tertiary/aromatic N) is 2. The molecule has 0 atom stereocenters. The van der Waals surface area contributed by atoms with E-state index in [1.807, 2.05) is 11.3 Å². The summed E-state index contributed by atoms with van der Waals surface area (Å²) in [4.78, 5) is 4.05. The molecule has 1 aliphatic rings. The molecular formula is C20H28N4O2S3. The third-order valence-corrected chi connectivity index (χ3v) is 8.07. The second kappa shape index (κ2) is 10.5. The summed E-state index contributed by atoms with van der Waals surface area (Å²) < 4.78 is 28.2. The molecule has 6 nitrogen and oxygen atoms in total. The van der Waals surface area contributed by atoms with Crippen LogP contribution in [0.1, 0.15) is 36.1 Å². The number of benzene rings is 1. The van der Waals surface area contributed by atoms with Gasteiger partial charge in [-0.15, -0.1) is 15.7 Å². The fourth-order valence-corrected chi connectivity index (χ4v) is 6.10. The van der Waals surface area contributed by atoms with Crippen LogP contribution >= 0.6 is 23.1 Å². The summed E-state index contributed by atoms with van der Waals surface area (Å²) in [5.74, 6) is 1.75. The van der Waals surface area contributed by atoms with Gasteiger partial charge in [-0.05, 0) is 67.2 Å². The van der Waals surface area contributed by atoms with Crippen LogP contribution < -0.4 is 11.5 Å². The molecule has 0 aliphatic carbocycles. The molecular weight excluding hydrogens is 424 g/mol. The fraction of sp³-hybridized carbons (Fsp3) is 0.450. The van der Waals surface area contributed by atoms with E-state index in [2.05, 4.69) is 20.7 Å². The quantitative estimate of drug-likeness (QED) is 0.260. The van der Waals surface area contributed by atoms with E-state index in [0.29, 0.717) is 12.1 Å². The zero-order valence-electron chi connectivity index (χ0n) is 16.4. The summed E-state index contributed by atoms with van der Waals surface area (Å²) in [6, 6.07) is 8.24. The van der Waals surface area contributed by atoms with Crippen LogP contribution in [0.2, 0.25) is 0 Å². The maximum atomic E-state index is 12.3. The number of piperidine rings is 1. The van der Waals surface area contributed by atoms with Gasteiger partial charge in [0.05, 0.1) is 4.90 Å². The molecule has 29 heavy (non-hydrogen) atoms. The van der Waals surface area contributed by atoms with Gasteiger partial charge in [0.15, 0.2) is 0 Å². The van der Waals surface area contributed by atoms with E-state index in [-0.39, 0.29) is 10.7 Å². The van der Waals surface area contributed by atoms with E-state index < -0.39 is 10.0 Å². The smallest absolute Gasteiger partial charge is 0.283 e. The highest BCUT2D eigenvalue weighted by atomic mass is 32.2. The third kappa shape index (κ3) is 7.02. The Labute approximate surface area is 181 Å². The number of thiophene rings is 1. The average molecular weight is 453 g/mol. The first kappa shape index (κ1) is 22.1. The molecule has 0 spiro atoms. The van der Waals surface area contributed by atoms with Gasteiger partial charge < -0.3 is 11.5 Å². The predicted octanol–water partition coefficient (Wildman–Crippen LogP) is 3.69. The van der Waals surface area contributed by atoms with Crippen LogP contribution in [0, 0.1) is 0 Å². The first-order chi connectivity index (χ1) is 13.9. The monoisotopic (exact) mass is 452 g/mol. The molecule has 1 saturated heterocycles.